The van der Waals surface area contributed by atoms with Crippen molar-refractivity contribution in [1.29, 1.82) is 0 Å². The van der Waals surface area contributed by atoms with Crippen molar-refractivity contribution in [2.75, 3.05) is 0 Å². The van der Waals surface area contributed by atoms with E-state index in [0.717, 1.165) is 12.1 Å². The Morgan fingerprint density at radius 1 is 1.00 bits per heavy atom. The van der Waals surface area contributed by atoms with Crippen LogP contribution in [0.3, 0.4) is 0 Å². The molecule has 2 aromatic rings. The standard InChI is InChI=1S/C14H9Cl2F3O/c15-11-6-2-5-10(12(11)16)13(20)8-3-1-4-9(7-8)14(17,18)19/h1-7,13,20H. The van der Waals surface area contributed by atoms with Gasteiger partial charge in [-0.3, -0.25) is 0 Å². The van der Waals surface area contributed by atoms with Gasteiger partial charge in [-0.25, -0.2) is 0 Å². The summed E-state index contributed by atoms with van der Waals surface area (Å²) in [5.74, 6) is 0. The number of rotatable bonds is 2. The van der Waals surface area contributed by atoms with Gasteiger partial charge in [0, 0.05) is 5.56 Å². The van der Waals surface area contributed by atoms with Crippen LogP contribution >= 0.6 is 23.2 Å². The van der Waals surface area contributed by atoms with Gasteiger partial charge in [0.1, 0.15) is 6.10 Å². The van der Waals surface area contributed by atoms with Crippen molar-refractivity contribution in [3.05, 3.63) is 69.2 Å². The SMILES string of the molecule is OC(c1cccc(C(F)(F)F)c1)c1cccc(Cl)c1Cl. The van der Waals surface area contributed by atoms with E-state index < -0.39 is 17.8 Å². The summed E-state index contributed by atoms with van der Waals surface area (Å²) in [5, 5.41) is 10.5. The van der Waals surface area contributed by atoms with Crippen LogP contribution in [0.4, 0.5) is 13.2 Å². The number of hydrogen-bond acceptors (Lipinski definition) is 1. The molecular weight excluding hydrogens is 312 g/mol. The highest BCUT2D eigenvalue weighted by Crippen LogP contribution is 2.35. The van der Waals surface area contributed by atoms with Crippen molar-refractivity contribution in [3.63, 3.8) is 0 Å². The Balaban J connectivity index is 2.44. The van der Waals surface area contributed by atoms with Crippen LogP contribution in [-0.4, -0.2) is 5.11 Å². The first kappa shape index (κ1) is 15.2. The number of aliphatic hydroxyl groups excluding tert-OH is 1. The summed E-state index contributed by atoms with van der Waals surface area (Å²) in [6.45, 7) is 0. The molecule has 0 heterocycles. The molecule has 0 aliphatic heterocycles. The van der Waals surface area contributed by atoms with Crippen LogP contribution in [0.5, 0.6) is 0 Å². The molecule has 6 heteroatoms. The van der Waals surface area contributed by atoms with Crippen LogP contribution in [0.15, 0.2) is 42.5 Å². The Bertz CT molecular complexity index is 626. The first-order chi connectivity index (χ1) is 9.30. The first-order valence-corrected chi connectivity index (χ1v) is 6.35. The van der Waals surface area contributed by atoms with Crippen molar-refractivity contribution < 1.29 is 18.3 Å². The van der Waals surface area contributed by atoms with Crippen LogP contribution in [-0.2, 0) is 6.18 Å². The van der Waals surface area contributed by atoms with E-state index >= 15 is 0 Å². The summed E-state index contributed by atoms with van der Waals surface area (Å²) in [4.78, 5) is 0. The lowest BCUT2D eigenvalue weighted by Gasteiger charge is -2.15. The molecule has 2 rings (SSSR count). The third-order valence-electron chi connectivity index (χ3n) is 2.81. The van der Waals surface area contributed by atoms with Crippen molar-refractivity contribution in [1.82, 2.24) is 0 Å². The Labute approximate surface area is 123 Å². The zero-order valence-electron chi connectivity index (χ0n) is 9.96. The molecular formula is C14H9Cl2F3O. The van der Waals surface area contributed by atoms with Gasteiger partial charge in [-0.15, -0.1) is 0 Å². The van der Waals surface area contributed by atoms with E-state index in [1.54, 1.807) is 6.07 Å². The zero-order chi connectivity index (χ0) is 14.9. The molecule has 1 nitrogen and oxygen atoms in total. The Hall–Kier alpha value is -1.23. The van der Waals surface area contributed by atoms with Gasteiger partial charge < -0.3 is 5.11 Å². The Kier molecular flexibility index (Phi) is 4.28. The lowest BCUT2D eigenvalue weighted by atomic mass is 9.99. The molecule has 106 valence electrons. The van der Waals surface area contributed by atoms with Gasteiger partial charge >= 0.3 is 6.18 Å². The molecule has 0 aliphatic carbocycles. The predicted octanol–water partition coefficient (Wildman–Crippen LogP) is 5.09. The highest BCUT2D eigenvalue weighted by Gasteiger charge is 2.31. The Morgan fingerprint density at radius 3 is 2.30 bits per heavy atom. The minimum atomic E-state index is -4.46. The fourth-order valence-corrected chi connectivity index (χ4v) is 2.21. The average molecular weight is 321 g/mol. The van der Waals surface area contributed by atoms with Crippen LogP contribution in [0.1, 0.15) is 22.8 Å². The largest absolute Gasteiger partial charge is 0.416 e. The van der Waals surface area contributed by atoms with E-state index in [1.807, 2.05) is 0 Å². The second-order valence-electron chi connectivity index (χ2n) is 4.17. The van der Waals surface area contributed by atoms with E-state index in [-0.39, 0.29) is 21.2 Å². The maximum Gasteiger partial charge on any atom is 0.416 e. The predicted molar refractivity (Wildman–Crippen MR) is 72.0 cm³/mol. The monoisotopic (exact) mass is 320 g/mol. The first-order valence-electron chi connectivity index (χ1n) is 5.60. The summed E-state index contributed by atoms with van der Waals surface area (Å²) in [6, 6.07) is 9.08. The van der Waals surface area contributed by atoms with E-state index in [2.05, 4.69) is 0 Å². The van der Waals surface area contributed by atoms with Gasteiger partial charge in [-0.1, -0.05) is 47.5 Å². The summed E-state index contributed by atoms with van der Waals surface area (Å²) in [5.41, 5.74) is -0.463. The van der Waals surface area contributed by atoms with Crippen molar-refractivity contribution in [3.8, 4) is 0 Å². The molecule has 0 spiro atoms. The molecule has 0 saturated heterocycles. The van der Waals surface area contributed by atoms with E-state index in [1.165, 1.54) is 24.3 Å². The van der Waals surface area contributed by atoms with Gasteiger partial charge in [0.15, 0.2) is 0 Å². The molecule has 2 aromatic carbocycles. The molecule has 1 unspecified atom stereocenters. The average Bonchev–Trinajstić information content (AvgIpc) is 2.40. The molecule has 0 saturated carbocycles. The zero-order valence-corrected chi connectivity index (χ0v) is 11.5. The molecule has 0 aliphatic rings. The molecule has 0 radical (unpaired) electrons. The quantitative estimate of drug-likeness (QED) is 0.816. The highest BCUT2D eigenvalue weighted by atomic mass is 35.5. The molecule has 0 amide bonds. The number of aliphatic hydroxyl groups is 1. The van der Waals surface area contributed by atoms with Crippen molar-refractivity contribution in [2.24, 2.45) is 0 Å². The number of halogens is 5. The minimum absolute atomic E-state index is 0.101. The second-order valence-corrected chi connectivity index (χ2v) is 4.95. The third-order valence-corrected chi connectivity index (χ3v) is 3.64. The lowest BCUT2D eigenvalue weighted by molar-refractivity contribution is -0.137. The summed E-state index contributed by atoms with van der Waals surface area (Å²) in [7, 11) is 0. The van der Waals surface area contributed by atoms with Crippen LogP contribution in [0.2, 0.25) is 10.0 Å². The normalized spacial score (nSPS) is 13.3. The summed E-state index contributed by atoms with van der Waals surface area (Å²) in [6.07, 6.45) is -5.74. The number of benzene rings is 2. The topological polar surface area (TPSA) is 20.2 Å². The van der Waals surface area contributed by atoms with Gasteiger partial charge in [-0.2, -0.15) is 13.2 Å². The van der Waals surface area contributed by atoms with Gasteiger partial charge in [0.25, 0.3) is 0 Å². The molecule has 0 aromatic heterocycles. The van der Waals surface area contributed by atoms with E-state index in [0.29, 0.717) is 0 Å². The minimum Gasteiger partial charge on any atom is -0.384 e. The Morgan fingerprint density at radius 2 is 1.65 bits per heavy atom. The van der Waals surface area contributed by atoms with Gasteiger partial charge in [-0.05, 0) is 23.8 Å². The van der Waals surface area contributed by atoms with Gasteiger partial charge in [0.2, 0.25) is 0 Å². The maximum absolute atomic E-state index is 12.6. The van der Waals surface area contributed by atoms with Crippen LogP contribution < -0.4 is 0 Å². The second kappa shape index (κ2) is 5.64. The van der Waals surface area contributed by atoms with E-state index in [9.17, 15) is 18.3 Å². The highest BCUT2D eigenvalue weighted by molar-refractivity contribution is 6.42. The van der Waals surface area contributed by atoms with Crippen LogP contribution in [0.25, 0.3) is 0 Å². The molecule has 0 fully saturated rings. The lowest BCUT2D eigenvalue weighted by Crippen LogP contribution is -2.07. The van der Waals surface area contributed by atoms with Gasteiger partial charge in [0.05, 0.1) is 15.6 Å². The summed E-state index contributed by atoms with van der Waals surface area (Å²) >= 11 is 11.8. The third kappa shape index (κ3) is 3.08. The molecule has 20 heavy (non-hydrogen) atoms. The fourth-order valence-electron chi connectivity index (χ4n) is 1.80. The maximum atomic E-state index is 12.6. The number of alkyl halides is 3. The summed E-state index contributed by atoms with van der Waals surface area (Å²) < 4.78 is 37.9. The molecule has 1 N–H and O–H groups in total. The van der Waals surface area contributed by atoms with E-state index in [4.69, 9.17) is 23.2 Å². The van der Waals surface area contributed by atoms with Crippen LogP contribution in [0, 0.1) is 0 Å². The van der Waals surface area contributed by atoms with Crippen molar-refractivity contribution >= 4 is 23.2 Å². The molecule has 1 atom stereocenters. The molecule has 0 bridgehead atoms. The smallest absolute Gasteiger partial charge is 0.384 e. The van der Waals surface area contributed by atoms with Crippen molar-refractivity contribution in [2.45, 2.75) is 12.3 Å². The number of hydrogen-bond donors (Lipinski definition) is 1. The fraction of sp³-hybridized carbons (Fsp3) is 0.143.